The third kappa shape index (κ3) is 3.20. The van der Waals surface area contributed by atoms with Gasteiger partial charge in [-0.25, -0.2) is 9.67 Å². The Hall–Kier alpha value is -2.54. The Labute approximate surface area is 131 Å². The molecule has 1 N–H and O–H groups in total. The van der Waals surface area contributed by atoms with Crippen molar-refractivity contribution in [2.24, 2.45) is 0 Å². The van der Waals surface area contributed by atoms with E-state index in [1.54, 1.807) is 10.9 Å². The molecule has 3 rings (SSSR count). The molecule has 1 aromatic carbocycles. The lowest BCUT2D eigenvalue weighted by atomic mass is 10.2. The molecule has 2 heterocycles. The van der Waals surface area contributed by atoms with Crippen LogP contribution in [0.3, 0.4) is 0 Å². The summed E-state index contributed by atoms with van der Waals surface area (Å²) in [5, 5.41) is 11.2. The number of anilines is 1. The first kappa shape index (κ1) is 14.4. The van der Waals surface area contributed by atoms with Crippen LogP contribution in [-0.2, 0) is 6.54 Å². The molecule has 1 amide bonds. The van der Waals surface area contributed by atoms with Crippen LogP contribution in [0.25, 0.3) is 0 Å². The Balaban J connectivity index is 1.69. The van der Waals surface area contributed by atoms with E-state index in [9.17, 15) is 4.79 Å². The molecule has 0 aliphatic heterocycles. The molecule has 0 aliphatic carbocycles. The molecule has 0 radical (unpaired) electrons. The van der Waals surface area contributed by atoms with Crippen LogP contribution in [0.5, 0.6) is 0 Å². The minimum Gasteiger partial charge on any atom is -0.296 e. The molecule has 0 unspecified atom stereocenters. The van der Waals surface area contributed by atoms with Gasteiger partial charge >= 0.3 is 0 Å². The van der Waals surface area contributed by atoms with Crippen molar-refractivity contribution in [3.8, 4) is 0 Å². The zero-order chi connectivity index (χ0) is 15.5. The maximum absolute atomic E-state index is 12.1. The lowest BCUT2D eigenvalue weighted by Gasteiger charge is -1.99. The monoisotopic (exact) mass is 313 g/mol. The van der Waals surface area contributed by atoms with Crippen molar-refractivity contribution in [2.45, 2.75) is 20.4 Å². The van der Waals surface area contributed by atoms with E-state index < -0.39 is 0 Å². The number of aryl methyl sites for hydroxylation is 2. The number of thiazole rings is 1. The lowest BCUT2D eigenvalue weighted by molar-refractivity contribution is 0.102. The van der Waals surface area contributed by atoms with Crippen LogP contribution < -0.4 is 5.32 Å². The van der Waals surface area contributed by atoms with Gasteiger partial charge in [0.05, 0.1) is 18.4 Å². The first-order valence-corrected chi connectivity index (χ1v) is 7.63. The number of nitrogens with one attached hydrogen (secondary N) is 1. The predicted molar refractivity (Wildman–Crippen MR) is 85.1 cm³/mol. The van der Waals surface area contributed by atoms with Crippen molar-refractivity contribution in [1.29, 1.82) is 0 Å². The van der Waals surface area contributed by atoms with Crippen LogP contribution in [-0.4, -0.2) is 25.9 Å². The van der Waals surface area contributed by atoms with E-state index in [1.807, 2.05) is 44.2 Å². The summed E-state index contributed by atoms with van der Waals surface area (Å²) >= 11 is 1.45. The smallest absolute Gasteiger partial charge is 0.279 e. The Morgan fingerprint density at radius 1 is 1.27 bits per heavy atom. The SMILES string of the molecule is Cc1nc(NC(=O)c2cn(Cc3ccccc3)nn2)sc1C. The van der Waals surface area contributed by atoms with Crippen molar-refractivity contribution in [3.05, 3.63) is 58.4 Å². The molecular formula is C15H15N5OS. The second-order valence-electron chi connectivity index (χ2n) is 4.90. The van der Waals surface area contributed by atoms with Crippen LogP contribution in [0.15, 0.2) is 36.5 Å². The predicted octanol–water partition coefficient (Wildman–Crippen LogP) is 2.65. The quantitative estimate of drug-likeness (QED) is 0.803. The summed E-state index contributed by atoms with van der Waals surface area (Å²) in [7, 11) is 0. The van der Waals surface area contributed by atoms with E-state index >= 15 is 0 Å². The molecule has 22 heavy (non-hydrogen) atoms. The highest BCUT2D eigenvalue weighted by molar-refractivity contribution is 7.15. The van der Waals surface area contributed by atoms with Gasteiger partial charge in [0.2, 0.25) is 0 Å². The van der Waals surface area contributed by atoms with E-state index in [2.05, 4.69) is 20.6 Å². The Morgan fingerprint density at radius 2 is 2.05 bits per heavy atom. The fourth-order valence-corrected chi connectivity index (χ4v) is 2.75. The van der Waals surface area contributed by atoms with Crippen molar-refractivity contribution >= 4 is 22.4 Å². The van der Waals surface area contributed by atoms with Crippen LogP contribution in [0.1, 0.15) is 26.6 Å². The number of aromatic nitrogens is 4. The van der Waals surface area contributed by atoms with E-state index in [1.165, 1.54) is 11.3 Å². The van der Waals surface area contributed by atoms with E-state index in [-0.39, 0.29) is 11.6 Å². The average Bonchev–Trinajstić information content (AvgIpc) is 3.08. The Morgan fingerprint density at radius 3 is 2.73 bits per heavy atom. The minimum atomic E-state index is -0.298. The number of hydrogen-bond acceptors (Lipinski definition) is 5. The molecule has 6 nitrogen and oxygen atoms in total. The summed E-state index contributed by atoms with van der Waals surface area (Å²) in [4.78, 5) is 17.5. The third-order valence-electron chi connectivity index (χ3n) is 3.21. The normalized spacial score (nSPS) is 10.6. The van der Waals surface area contributed by atoms with Crippen LogP contribution in [0.2, 0.25) is 0 Å². The zero-order valence-electron chi connectivity index (χ0n) is 12.3. The van der Waals surface area contributed by atoms with Gasteiger partial charge in [0, 0.05) is 4.88 Å². The second-order valence-corrected chi connectivity index (χ2v) is 6.10. The van der Waals surface area contributed by atoms with Gasteiger partial charge in [-0.15, -0.1) is 16.4 Å². The first-order valence-electron chi connectivity index (χ1n) is 6.81. The number of hydrogen-bond donors (Lipinski definition) is 1. The number of benzene rings is 1. The number of nitrogens with zero attached hydrogens (tertiary/aromatic N) is 4. The largest absolute Gasteiger partial charge is 0.296 e. The zero-order valence-corrected chi connectivity index (χ0v) is 13.1. The molecule has 0 aliphatic rings. The summed E-state index contributed by atoms with van der Waals surface area (Å²) in [6.07, 6.45) is 1.63. The highest BCUT2D eigenvalue weighted by Crippen LogP contribution is 2.21. The molecule has 0 spiro atoms. The maximum Gasteiger partial charge on any atom is 0.279 e. The van der Waals surface area contributed by atoms with Gasteiger partial charge in [-0.2, -0.15) is 0 Å². The molecule has 0 saturated carbocycles. The number of carbonyl (C=O) groups excluding carboxylic acids is 1. The maximum atomic E-state index is 12.1. The van der Waals surface area contributed by atoms with Crippen LogP contribution in [0, 0.1) is 13.8 Å². The first-order chi connectivity index (χ1) is 10.6. The van der Waals surface area contributed by atoms with E-state index in [0.717, 1.165) is 16.1 Å². The van der Waals surface area contributed by atoms with Gasteiger partial charge in [0.15, 0.2) is 10.8 Å². The van der Waals surface area contributed by atoms with Gasteiger partial charge < -0.3 is 0 Å². The van der Waals surface area contributed by atoms with Gasteiger partial charge in [-0.3, -0.25) is 10.1 Å². The van der Waals surface area contributed by atoms with Crippen LogP contribution in [0.4, 0.5) is 5.13 Å². The van der Waals surface area contributed by atoms with Crippen molar-refractivity contribution in [1.82, 2.24) is 20.0 Å². The molecule has 7 heteroatoms. The number of rotatable bonds is 4. The third-order valence-corrected chi connectivity index (χ3v) is 4.20. The summed E-state index contributed by atoms with van der Waals surface area (Å²) in [6, 6.07) is 9.90. The molecular weight excluding hydrogens is 298 g/mol. The Kier molecular flexibility index (Phi) is 3.97. The van der Waals surface area contributed by atoms with Gasteiger partial charge in [-0.05, 0) is 19.4 Å². The van der Waals surface area contributed by atoms with Crippen molar-refractivity contribution in [3.63, 3.8) is 0 Å². The van der Waals surface area contributed by atoms with E-state index in [4.69, 9.17) is 0 Å². The molecule has 0 bridgehead atoms. The lowest BCUT2D eigenvalue weighted by Crippen LogP contribution is -2.12. The fourth-order valence-electron chi connectivity index (χ4n) is 1.94. The molecule has 0 fully saturated rings. The molecule has 0 saturated heterocycles. The van der Waals surface area contributed by atoms with E-state index in [0.29, 0.717) is 11.7 Å². The minimum absolute atomic E-state index is 0.279. The highest BCUT2D eigenvalue weighted by Gasteiger charge is 2.13. The Bertz CT molecular complexity index is 774. The fraction of sp³-hybridized carbons (Fsp3) is 0.200. The summed E-state index contributed by atoms with van der Waals surface area (Å²) < 4.78 is 1.64. The van der Waals surface area contributed by atoms with Gasteiger partial charge in [-0.1, -0.05) is 35.5 Å². The standard InChI is InChI=1S/C15H15N5OS/c1-10-11(2)22-15(16-10)17-14(21)13-9-20(19-18-13)8-12-6-4-3-5-7-12/h3-7,9H,8H2,1-2H3,(H,16,17,21). The summed E-state index contributed by atoms with van der Waals surface area (Å²) in [5.41, 5.74) is 2.31. The van der Waals surface area contributed by atoms with Gasteiger partial charge in [0.1, 0.15) is 0 Å². The summed E-state index contributed by atoms with van der Waals surface area (Å²) in [5.74, 6) is -0.298. The molecule has 2 aromatic heterocycles. The summed E-state index contributed by atoms with van der Waals surface area (Å²) in [6.45, 7) is 4.47. The van der Waals surface area contributed by atoms with Crippen molar-refractivity contribution in [2.75, 3.05) is 5.32 Å². The van der Waals surface area contributed by atoms with Crippen LogP contribution >= 0.6 is 11.3 Å². The average molecular weight is 313 g/mol. The topological polar surface area (TPSA) is 72.7 Å². The number of carbonyl (C=O) groups is 1. The molecule has 0 atom stereocenters. The van der Waals surface area contributed by atoms with Crippen molar-refractivity contribution < 1.29 is 4.79 Å². The number of amides is 1. The molecule has 112 valence electrons. The molecule has 3 aromatic rings. The highest BCUT2D eigenvalue weighted by atomic mass is 32.1. The van der Waals surface area contributed by atoms with Gasteiger partial charge in [0.25, 0.3) is 5.91 Å². The second kappa shape index (κ2) is 6.07.